The van der Waals surface area contributed by atoms with E-state index in [0.717, 1.165) is 4.57 Å². The fourth-order valence-electron chi connectivity index (χ4n) is 2.28. The van der Waals surface area contributed by atoms with E-state index >= 15 is 0 Å². The summed E-state index contributed by atoms with van der Waals surface area (Å²) in [5.41, 5.74) is -0.315. The number of pyridine rings is 1. The molecule has 5 nitrogen and oxygen atoms in total. The number of carbonyl (C=O) groups is 1. The first kappa shape index (κ1) is 14.1. The van der Waals surface area contributed by atoms with Gasteiger partial charge in [-0.15, -0.1) is 0 Å². The molecule has 106 valence electrons. The number of hydrogen-bond acceptors (Lipinski definition) is 3. The number of carbonyl (C=O) groups excluding carboxylic acids is 1. The lowest BCUT2D eigenvalue weighted by atomic mass is 10.1. The Bertz CT molecular complexity index is 717. The third-order valence-corrected chi connectivity index (χ3v) is 3.16. The number of benzene rings is 1. The highest BCUT2D eigenvalue weighted by Gasteiger charge is 2.17. The van der Waals surface area contributed by atoms with Crippen LogP contribution in [0.15, 0.2) is 29.1 Å². The van der Waals surface area contributed by atoms with Crippen LogP contribution in [0.3, 0.4) is 0 Å². The highest BCUT2D eigenvalue weighted by molar-refractivity contribution is 6.08. The van der Waals surface area contributed by atoms with E-state index in [9.17, 15) is 14.7 Å². The van der Waals surface area contributed by atoms with E-state index < -0.39 is 11.8 Å². The van der Waals surface area contributed by atoms with Gasteiger partial charge in [0.05, 0.1) is 5.56 Å². The first-order valence-electron chi connectivity index (χ1n) is 6.61. The van der Waals surface area contributed by atoms with Crippen molar-refractivity contribution in [3.63, 3.8) is 0 Å². The zero-order valence-corrected chi connectivity index (χ0v) is 11.8. The molecule has 2 aromatic rings. The molecule has 0 radical (unpaired) electrons. The standard InChI is InChI=1S/C15H18N2O3/c1-4-16-13(18)12-10-7-5-6-8-11(10)14(19)17(9(2)3)15(12)20/h5-9,20H,4H2,1-3H3,(H,16,18)/p-1. The zero-order chi connectivity index (χ0) is 14.9. The number of amides is 1. The quantitative estimate of drug-likeness (QED) is 0.918. The maximum Gasteiger partial charge on any atom is 0.258 e. The van der Waals surface area contributed by atoms with Gasteiger partial charge < -0.3 is 15.0 Å². The van der Waals surface area contributed by atoms with Crippen LogP contribution in [0, 0.1) is 0 Å². The lowest BCUT2D eigenvalue weighted by molar-refractivity contribution is -0.280. The van der Waals surface area contributed by atoms with Crippen molar-refractivity contribution < 1.29 is 9.90 Å². The Balaban J connectivity index is 2.91. The molecule has 0 aliphatic carbocycles. The number of nitrogens with one attached hydrogen (secondary N) is 1. The highest BCUT2D eigenvalue weighted by atomic mass is 16.3. The van der Waals surface area contributed by atoms with Crippen molar-refractivity contribution in [2.75, 3.05) is 6.54 Å². The Morgan fingerprint density at radius 2 is 1.90 bits per heavy atom. The Hall–Kier alpha value is -2.30. The average molecular weight is 273 g/mol. The molecule has 1 amide bonds. The molecule has 1 aromatic heterocycles. The first-order chi connectivity index (χ1) is 9.49. The number of nitrogens with zero attached hydrogens (tertiary/aromatic N) is 1. The maximum atomic E-state index is 12.5. The van der Waals surface area contributed by atoms with Crippen LogP contribution in [0.25, 0.3) is 10.8 Å². The molecule has 0 bridgehead atoms. The molecule has 1 N–H and O–H groups in total. The van der Waals surface area contributed by atoms with Gasteiger partial charge in [-0.1, -0.05) is 18.2 Å². The second-order valence-electron chi connectivity index (χ2n) is 4.85. The fraction of sp³-hybridized carbons (Fsp3) is 0.333. The van der Waals surface area contributed by atoms with Crippen LogP contribution in [-0.2, 0) is 0 Å². The molecular formula is C15H17N2O3-. The predicted molar refractivity (Wildman–Crippen MR) is 76.0 cm³/mol. The summed E-state index contributed by atoms with van der Waals surface area (Å²) >= 11 is 0. The summed E-state index contributed by atoms with van der Waals surface area (Å²) in [6.45, 7) is 5.70. The van der Waals surface area contributed by atoms with Gasteiger partial charge >= 0.3 is 0 Å². The van der Waals surface area contributed by atoms with Crippen molar-refractivity contribution in [3.05, 3.63) is 40.2 Å². The summed E-state index contributed by atoms with van der Waals surface area (Å²) in [6, 6.07) is 6.41. The van der Waals surface area contributed by atoms with Crippen LogP contribution in [-0.4, -0.2) is 17.0 Å². The normalized spacial score (nSPS) is 11.0. The molecule has 0 aliphatic heterocycles. The third-order valence-electron chi connectivity index (χ3n) is 3.16. The van der Waals surface area contributed by atoms with Gasteiger partial charge in [0, 0.05) is 23.4 Å². The van der Waals surface area contributed by atoms with E-state index in [1.54, 1.807) is 45.0 Å². The van der Waals surface area contributed by atoms with Gasteiger partial charge in [-0.05, 0) is 32.7 Å². The lowest BCUT2D eigenvalue weighted by Gasteiger charge is -2.24. The maximum absolute atomic E-state index is 12.5. The van der Waals surface area contributed by atoms with Gasteiger partial charge in [0.1, 0.15) is 0 Å². The van der Waals surface area contributed by atoms with Gasteiger partial charge in [-0.25, -0.2) is 0 Å². The molecule has 0 unspecified atom stereocenters. The van der Waals surface area contributed by atoms with E-state index in [0.29, 0.717) is 17.3 Å². The van der Waals surface area contributed by atoms with Crippen LogP contribution >= 0.6 is 0 Å². The monoisotopic (exact) mass is 273 g/mol. The lowest BCUT2D eigenvalue weighted by Crippen LogP contribution is -2.31. The molecule has 1 aromatic carbocycles. The zero-order valence-electron chi connectivity index (χ0n) is 11.8. The largest absolute Gasteiger partial charge is 0.859 e. The molecule has 0 spiro atoms. The number of aromatic nitrogens is 1. The second-order valence-corrected chi connectivity index (χ2v) is 4.85. The van der Waals surface area contributed by atoms with Crippen molar-refractivity contribution in [1.29, 1.82) is 0 Å². The molecule has 5 heteroatoms. The third kappa shape index (κ3) is 2.15. The molecule has 0 saturated heterocycles. The number of fused-ring (bicyclic) bond motifs is 1. The van der Waals surface area contributed by atoms with E-state index in [4.69, 9.17) is 0 Å². The molecule has 0 aliphatic rings. The summed E-state index contributed by atoms with van der Waals surface area (Å²) in [5.74, 6) is -0.974. The Kier molecular flexibility index (Phi) is 3.79. The van der Waals surface area contributed by atoms with Gasteiger partial charge in [-0.3, -0.25) is 9.59 Å². The van der Waals surface area contributed by atoms with Crippen molar-refractivity contribution >= 4 is 16.7 Å². The van der Waals surface area contributed by atoms with Gasteiger partial charge in [0.25, 0.3) is 11.5 Å². The minimum atomic E-state index is -0.533. The van der Waals surface area contributed by atoms with E-state index in [1.165, 1.54) is 0 Å². The molecule has 20 heavy (non-hydrogen) atoms. The second kappa shape index (κ2) is 5.36. The topological polar surface area (TPSA) is 74.2 Å². The van der Waals surface area contributed by atoms with Crippen molar-refractivity contribution in [3.8, 4) is 5.88 Å². The summed E-state index contributed by atoms with van der Waals surface area (Å²) in [6.07, 6.45) is 0. The van der Waals surface area contributed by atoms with Crippen LogP contribution in [0.2, 0.25) is 0 Å². The molecule has 0 saturated carbocycles. The van der Waals surface area contributed by atoms with Gasteiger partial charge in [-0.2, -0.15) is 0 Å². The average Bonchev–Trinajstić information content (AvgIpc) is 2.38. The van der Waals surface area contributed by atoms with E-state index in [1.807, 2.05) is 0 Å². The van der Waals surface area contributed by atoms with Gasteiger partial charge in [0.15, 0.2) is 0 Å². The Morgan fingerprint density at radius 1 is 1.30 bits per heavy atom. The molecule has 2 rings (SSSR count). The first-order valence-corrected chi connectivity index (χ1v) is 6.61. The highest BCUT2D eigenvalue weighted by Crippen LogP contribution is 2.24. The Labute approximate surface area is 116 Å². The molecular weight excluding hydrogens is 256 g/mol. The number of hydrogen-bond donors (Lipinski definition) is 1. The van der Waals surface area contributed by atoms with Crippen LogP contribution in [0.5, 0.6) is 5.88 Å². The summed E-state index contributed by atoms with van der Waals surface area (Å²) in [7, 11) is 0. The van der Waals surface area contributed by atoms with E-state index in [2.05, 4.69) is 5.32 Å². The molecule has 0 atom stereocenters. The predicted octanol–water partition coefficient (Wildman–Crippen LogP) is 1.41. The minimum Gasteiger partial charge on any atom is -0.859 e. The summed E-state index contributed by atoms with van der Waals surface area (Å²) in [4.78, 5) is 24.5. The summed E-state index contributed by atoms with van der Waals surface area (Å²) in [5, 5.41) is 15.9. The van der Waals surface area contributed by atoms with Crippen molar-refractivity contribution in [1.82, 2.24) is 9.88 Å². The van der Waals surface area contributed by atoms with Crippen molar-refractivity contribution in [2.45, 2.75) is 26.8 Å². The molecule has 1 heterocycles. The molecule has 0 fully saturated rings. The van der Waals surface area contributed by atoms with Crippen LogP contribution in [0.4, 0.5) is 0 Å². The van der Waals surface area contributed by atoms with Crippen molar-refractivity contribution in [2.24, 2.45) is 0 Å². The minimum absolute atomic E-state index is 0.0377. The van der Waals surface area contributed by atoms with E-state index in [-0.39, 0.29) is 17.2 Å². The SMILES string of the molecule is CCNC(=O)c1c([O-])n(C(C)C)c(=O)c2ccccc12. The van der Waals surface area contributed by atoms with Crippen LogP contribution in [0.1, 0.15) is 37.2 Å². The smallest absolute Gasteiger partial charge is 0.258 e. The Morgan fingerprint density at radius 3 is 2.45 bits per heavy atom. The number of rotatable bonds is 3. The van der Waals surface area contributed by atoms with Crippen LogP contribution < -0.4 is 16.0 Å². The fourth-order valence-corrected chi connectivity index (χ4v) is 2.28. The summed E-state index contributed by atoms with van der Waals surface area (Å²) < 4.78 is 1.13. The van der Waals surface area contributed by atoms with Gasteiger partial charge in [0.2, 0.25) is 0 Å².